The molecule has 1 aromatic carbocycles. The maximum Gasteiger partial charge on any atom is 0.141 e. The average Bonchev–Trinajstić information content (AvgIpc) is 2.73. The van der Waals surface area contributed by atoms with Crippen LogP contribution < -0.4 is 0 Å². The predicted octanol–water partition coefficient (Wildman–Crippen LogP) is 2.36. The molecule has 1 atom stereocenters. The minimum absolute atomic E-state index is 0.425. The molecule has 16 heavy (non-hydrogen) atoms. The van der Waals surface area contributed by atoms with Crippen molar-refractivity contribution in [2.75, 3.05) is 0 Å². The van der Waals surface area contributed by atoms with Crippen LogP contribution in [0.1, 0.15) is 22.9 Å². The van der Waals surface area contributed by atoms with Crippen LogP contribution in [0, 0.1) is 0 Å². The average molecular weight is 234 g/mol. The molecular formula is C12H12ClN3. The van der Waals surface area contributed by atoms with Crippen molar-refractivity contribution in [1.82, 2.24) is 14.8 Å². The molecule has 0 fully saturated rings. The fourth-order valence-electron chi connectivity index (χ4n) is 2.28. The van der Waals surface area contributed by atoms with E-state index in [2.05, 4.69) is 34.3 Å². The van der Waals surface area contributed by atoms with Crippen LogP contribution in [-0.4, -0.2) is 14.8 Å². The molecule has 1 aliphatic carbocycles. The van der Waals surface area contributed by atoms with Crippen molar-refractivity contribution in [2.24, 2.45) is 0 Å². The van der Waals surface area contributed by atoms with Crippen molar-refractivity contribution in [1.29, 1.82) is 0 Å². The van der Waals surface area contributed by atoms with E-state index < -0.39 is 0 Å². The van der Waals surface area contributed by atoms with E-state index in [0.29, 0.717) is 11.8 Å². The molecule has 0 spiro atoms. The van der Waals surface area contributed by atoms with Gasteiger partial charge in [-0.3, -0.25) is 0 Å². The Labute approximate surface area is 99.1 Å². The lowest BCUT2D eigenvalue weighted by atomic mass is 9.78. The molecule has 1 aromatic heterocycles. The highest BCUT2D eigenvalue weighted by Crippen LogP contribution is 2.35. The number of fused-ring (bicyclic) bond motifs is 1. The Morgan fingerprint density at radius 1 is 1.38 bits per heavy atom. The predicted molar refractivity (Wildman–Crippen MR) is 62.5 cm³/mol. The number of rotatable bonds is 3. The summed E-state index contributed by atoms with van der Waals surface area (Å²) >= 11 is 5.79. The number of nitrogens with zero attached hydrogens (tertiary/aromatic N) is 3. The van der Waals surface area contributed by atoms with Gasteiger partial charge in [-0.25, -0.2) is 9.67 Å². The zero-order valence-electron chi connectivity index (χ0n) is 8.81. The van der Waals surface area contributed by atoms with E-state index in [0.717, 1.165) is 18.8 Å². The summed E-state index contributed by atoms with van der Waals surface area (Å²) in [6.07, 6.45) is 2.71. The van der Waals surface area contributed by atoms with Gasteiger partial charge in [0.05, 0.1) is 12.4 Å². The molecule has 2 aromatic rings. The quantitative estimate of drug-likeness (QED) is 0.762. The minimum atomic E-state index is 0.425. The van der Waals surface area contributed by atoms with Gasteiger partial charge in [-0.2, -0.15) is 5.10 Å². The van der Waals surface area contributed by atoms with Crippen LogP contribution in [0.4, 0.5) is 0 Å². The second kappa shape index (κ2) is 3.91. The van der Waals surface area contributed by atoms with E-state index in [-0.39, 0.29) is 0 Å². The highest BCUT2D eigenvalue weighted by atomic mass is 35.5. The molecule has 1 aliphatic rings. The summed E-state index contributed by atoms with van der Waals surface area (Å²) in [6.45, 7) is 0.888. The van der Waals surface area contributed by atoms with Crippen molar-refractivity contribution in [2.45, 2.75) is 24.8 Å². The van der Waals surface area contributed by atoms with Crippen molar-refractivity contribution in [3.63, 3.8) is 0 Å². The number of alkyl halides is 1. The van der Waals surface area contributed by atoms with Crippen molar-refractivity contribution in [3.05, 3.63) is 47.5 Å². The number of hydrogen-bond acceptors (Lipinski definition) is 2. The molecule has 0 radical (unpaired) electrons. The first kappa shape index (κ1) is 9.85. The summed E-state index contributed by atoms with van der Waals surface area (Å²) in [5.41, 5.74) is 2.90. The van der Waals surface area contributed by atoms with Crippen LogP contribution in [0.3, 0.4) is 0 Å². The molecule has 1 unspecified atom stereocenters. The van der Waals surface area contributed by atoms with Gasteiger partial charge in [0.1, 0.15) is 12.2 Å². The van der Waals surface area contributed by atoms with Gasteiger partial charge in [0, 0.05) is 5.92 Å². The number of aromatic nitrogens is 3. The zero-order chi connectivity index (χ0) is 11.0. The lowest BCUT2D eigenvalue weighted by Crippen LogP contribution is -2.23. The summed E-state index contributed by atoms with van der Waals surface area (Å²) in [7, 11) is 0. The van der Waals surface area contributed by atoms with Gasteiger partial charge >= 0.3 is 0 Å². The molecule has 0 saturated carbocycles. The Morgan fingerprint density at radius 3 is 3.06 bits per heavy atom. The maximum absolute atomic E-state index is 5.79. The number of halogens is 1. The summed E-state index contributed by atoms with van der Waals surface area (Å²) in [4.78, 5) is 4.12. The number of hydrogen-bond donors (Lipinski definition) is 0. The molecule has 0 aliphatic heterocycles. The fraction of sp³-hybridized carbons (Fsp3) is 0.333. The highest BCUT2D eigenvalue weighted by molar-refractivity contribution is 6.16. The third-order valence-corrected chi connectivity index (χ3v) is 3.41. The van der Waals surface area contributed by atoms with Crippen LogP contribution in [0.2, 0.25) is 0 Å². The van der Waals surface area contributed by atoms with Crippen LogP contribution in [0.5, 0.6) is 0 Å². The SMILES string of the molecule is ClCc1ncnn1CC1Cc2ccccc21. The lowest BCUT2D eigenvalue weighted by Gasteiger charge is -2.30. The normalized spacial score (nSPS) is 17.9. The van der Waals surface area contributed by atoms with Crippen LogP contribution in [0.15, 0.2) is 30.6 Å². The molecular weight excluding hydrogens is 222 g/mol. The molecule has 0 saturated heterocycles. The zero-order valence-corrected chi connectivity index (χ0v) is 9.56. The Kier molecular flexibility index (Phi) is 2.40. The van der Waals surface area contributed by atoms with Gasteiger partial charge in [-0.1, -0.05) is 24.3 Å². The van der Waals surface area contributed by atoms with Crippen molar-refractivity contribution < 1.29 is 0 Å². The molecule has 4 heteroatoms. The van der Waals surface area contributed by atoms with Crippen LogP contribution in [0.25, 0.3) is 0 Å². The first-order chi connectivity index (χ1) is 7.88. The smallest absolute Gasteiger partial charge is 0.141 e. The second-order valence-corrected chi connectivity index (χ2v) is 4.36. The monoisotopic (exact) mass is 233 g/mol. The summed E-state index contributed by atoms with van der Waals surface area (Å²) < 4.78 is 1.91. The minimum Gasteiger partial charge on any atom is -0.248 e. The first-order valence-corrected chi connectivity index (χ1v) is 5.92. The molecule has 0 amide bonds. The van der Waals surface area contributed by atoms with Gasteiger partial charge in [-0.05, 0) is 17.5 Å². The molecule has 0 N–H and O–H groups in total. The molecule has 3 rings (SSSR count). The summed E-state index contributed by atoms with van der Waals surface area (Å²) in [6, 6.07) is 8.57. The van der Waals surface area contributed by atoms with Gasteiger partial charge in [-0.15, -0.1) is 11.6 Å². The van der Waals surface area contributed by atoms with Crippen molar-refractivity contribution >= 4 is 11.6 Å². The van der Waals surface area contributed by atoms with E-state index in [1.54, 1.807) is 6.33 Å². The molecule has 82 valence electrons. The van der Waals surface area contributed by atoms with Crippen LogP contribution in [-0.2, 0) is 18.8 Å². The van der Waals surface area contributed by atoms with Gasteiger partial charge < -0.3 is 0 Å². The molecule has 3 nitrogen and oxygen atoms in total. The van der Waals surface area contributed by atoms with E-state index >= 15 is 0 Å². The maximum atomic E-state index is 5.79. The first-order valence-electron chi connectivity index (χ1n) is 5.39. The van der Waals surface area contributed by atoms with E-state index in [1.807, 2.05) is 4.68 Å². The van der Waals surface area contributed by atoms with Gasteiger partial charge in [0.2, 0.25) is 0 Å². The standard InChI is InChI=1S/C12H12ClN3/c13-6-12-14-8-15-16(12)7-10-5-9-3-1-2-4-11(9)10/h1-4,8,10H,5-7H2. The number of benzene rings is 1. The third kappa shape index (κ3) is 1.52. The van der Waals surface area contributed by atoms with E-state index in [9.17, 15) is 0 Å². The third-order valence-electron chi connectivity index (χ3n) is 3.17. The van der Waals surface area contributed by atoms with E-state index in [4.69, 9.17) is 11.6 Å². The van der Waals surface area contributed by atoms with E-state index in [1.165, 1.54) is 11.1 Å². The second-order valence-electron chi connectivity index (χ2n) is 4.09. The van der Waals surface area contributed by atoms with Gasteiger partial charge in [0.15, 0.2) is 0 Å². The van der Waals surface area contributed by atoms with Gasteiger partial charge in [0.25, 0.3) is 0 Å². The lowest BCUT2D eigenvalue weighted by molar-refractivity contribution is 0.465. The highest BCUT2D eigenvalue weighted by Gasteiger charge is 2.26. The summed E-state index contributed by atoms with van der Waals surface area (Å²) in [5, 5.41) is 4.20. The molecule has 0 bridgehead atoms. The van der Waals surface area contributed by atoms with Crippen molar-refractivity contribution in [3.8, 4) is 0 Å². The van der Waals surface area contributed by atoms with Crippen LogP contribution >= 0.6 is 11.6 Å². The topological polar surface area (TPSA) is 30.7 Å². The molecule has 1 heterocycles. The Morgan fingerprint density at radius 2 is 2.25 bits per heavy atom. The Hall–Kier alpha value is -1.35. The largest absolute Gasteiger partial charge is 0.248 e. The summed E-state index contributed by atoms with van der Waals surface area (Å²) in [5.74, 6) is 1.85. The fourth-order valence-corrected chi connectivity index (χ4v) is 2.49. The Bertz CT molecular complexity index is 506. The Balaban J connectivity index is 1.79.